The Bertz CT molecular complexity index is 1180. The number of nitrogens with one attached hydrogen (secondary N) is 1. The molecule has 4 rings (SSSR count). The van der Waals surface area contributed by atoms with Crippen molar-refractivity contribution < 1.29 is 9.47 Å². The maximum atomic E-state index is 12.4. The molecule has 3 aromatic carbocycles. The summed E-state index contributed by atoms with van der Waals surface area (Å²) in [5, 5.41) is 0. The minimum Gasteiger partial charge on any atom is -0.497 e. The highest BCUT2D eigenvalue weighted by atomic mass is 16.5. The normalized spacial score (nSPS) is 10.6. The molecule has 0 spiro atoms. The summed E-state index contributed by atoms with van der Waals surface area (Å²) >= 11 is 0. The van der Waals surface area contributed by atoms with E-state index in [0.29, 0.717) is 0 Å². The smallest absolute Gasteiger partial charge is 0.249 e. The van der Waals surface area contributed by atoms with E-state index in [1.54, 1.807) is 20.3 Å². The summed E-state index contributed by atoms with van der Waals surface area (Å²) in [6, 6.07) is 27.2. The van der Waals surface area contributed by atoms with Crippen molar-refractivity contribution in [3.8, 4) is 45.0 Å². The van der Waals surface area contributed by atoms with Crippen molar-refractivity contribution in [3.63, 3.8) is 0 Å². The van der Waals surface area contributed by atoms with Crippen LogP contribution in [0.1, 0.15) is 0 Å². The van der Waals surface area contributed by atoms with Gasteiger partial charge in [0.25, 0.3) is 0 Å². The Kier molecular flexibility index (Phi) is 5.16. The molecule has 0 saturated heterocycles. The predicted octanol–water partition coefficient (Wildman–Crippen LogP) is 5.39. The van der Waals surface area contributed by atoms with Gasteiger partial charge in [-0.25, -0.2) is 0 Å². The number of hydrogen-bond donors (Lipinski definition) is 1. The van der Waals surface area contributed by atoms with E-state index in [2.05, 4.69) is 4.98 Å². The van der Waals surface area contributed by atoms with Crippen molar-refractivity contribution in [2.24, 2.45) is 0 Å². The predicted molar refractivity (Wildman–Crippen MR) is 116 cm³/mol. The molecule has 0 fully saturated rings. The molecule has 0 amide bonds. The van der Waals surface area contributed by atoms with E-state index in [0.717, 1.165) is 45.0 Å². The summed E-state index contributed by atoms with van der Waals surface area (Å²) in [5.74, 6) is 1.55. The number of benzene rings is 3. The van der Waals surface area contributed by atoms with Gasteiger partial charge in [-0.05, 0) is 58.1 Å². The number of methoxy groups -OCH3 is 2. The minimum atomic E-state index is -0.141. The van der Waals surface area contributed by atoms with Crippen LogP contribution in [0.3, 0.4) is 0 Å². The Morgan fingerprint density at radius 1 is 0.621 bits per heavy atom. The zero-order valence-electron chi connectivity index (χ0n) is 16.3. The highest BCUT2D eigenvalue weighted by Crippen LogP contribution is 2.36. The molecular formula is C25H21NO3. The molecule has 144 valence electrons. The fourth-order valence-electron chi connectivity index (χ4n) is 3.38. The second-order valence-electron chi connectivity index (χ2n) is 6.65. The molecule has 0 aliphatic carbocycles. The van der Waals surface area contributed by atoms with Crippen molar-refractivity contribution in [3.05, 3.63) is 95.3 Å². The van der Waals surface area contributed by atoms with Crippen molar-refractivity contribution >= 4 is 0 Å². The van der Waals surface area contributed by atoms with Crippen molar-refractivity contribution in [2.75, 3.05) is 14.2 Å². The van der Waals surface area contributed by atoms with Gasteiger partial charge in [-0.3, -0.25) is 4.79 Å². The molecule has 0 bridgehead atoms. The van der Waals surface area contributed by atoms with Gasteiger partial charge < -0.3 is 14.5 Å². The van der Waals surface area contributed by atoms with E-state index < -0.39 is 0 Å². The first-order chi connectivity index (χ1) is 14.2. The van der Waals surface area contributed by atoms with Crippen LogP contribution < -0.4 is 15.0 Å². The van der Waals surface area contributed by atoms with Gasteiger partial charge in [0.05, 0.1) is 14.2 Å². The quantitative estimate of drug-likeness (QED) is 0.502. The molecule has 0 saturated carbocycles. The molecular weight excluding hydrogens is 362 g/mol. The van der Waals surface area contributed by atoms with E-state index in [4.69, 9.17) is 9.47 Å². The molecule has 4 nitrogen and oxygen atoms in total. The lowest BCUT2D eigenvalue weighted by atomic mass is 9.94. The highest BCUT2D eigenvalue weighted by Gasteiger charge is 2.12. The fraction of sp³-hybridized carbons (Fsp3) is 0.0800. The summed E-state index contributed by atoms with van der Waals surface area (Å²) in [6.07, 6.45) is 0. The molecule has 0 unspecified atom stereocenters. The van der Waals surface area contributed by atoms with Crippen LogP contribution in [0.4, 0.5) is 0 Å². The van der Waals surface area contributed by atoms with E-state index in [9.17, 15) is 4.79 Å². The molecule has 4 heteroatoms. The molecule has 29 heavy (non-hydrogen) atoms. The molecule has 4 aromatic rings. The lowest BCUT2D eigenvalue weighted by molar-refractivity contribution is 0.414. The number of H-pyrrole nitrogens is 1. The summed E-state index contributed by atoms with van der Waals surface area (Å²) < 4.78 is 10.7. The second-order valence-corrected chi connectivity index (χ2v) is 6.65. The second kappa shape index (κ2) is 8.07. The number of aromatic nitrogens is 1. The van der Waals surface area contributed by atoms with E-state index in [1.165, 1.54) is 0 Å². The third-order valence-electron chi connectivity index (χ3n) is 4.87. The van der Waals surface area contributed by atoms with Crippen LogP contribution in [0, 0.1) is 0 Å². The molecule has 0 aliphatic heterocycles. The first-order valence-corrected chi connectivity index (χ1v) is 9.30. The largest absolute Gasteiger partial charge is 0.497 e. The SMILES string of the molecule is COc1ccc(-c2cc(OC)ccc2-c2cc(-c3ccccc3)[nH]c(=O)c2)cc1. The van der Waals surface area contributed by atoms with Gasteiger partial charge in [-0.2, -0.15) is 0 Å². The Morgan fingerprint density at radius 3 is 2.00 bits per heavy atom. The molecule has 1 N–H and O–H groups in total. The van der Waals surface area contributed by atoms with Gasteiger partial charge in [-0.15, -0.1) is 0 Å². The van der Waals surface area contributed by atoms with Crippen LogP contribution in [-0.4, -0.2) is 19.2 Å². The first-order valence-electron chi connectivity index (χ1n) is 9.30. The molecule has 0 atom stereocenters. The average Bonchev–Trinajstić information content (AvgIpc) is 2.79. The Labute approximate surface area is 169 Å². The number of aromatic amines is 1. The maximum absolute atomic E-state index is 12.4. The zero-order chi connectivity index (χ0) is 20.2. The van der Waals surface area contributed by atoms with Crippen molar-refractivity contribution in [2.45, 2.75) is 0 Å². The van der Waals surface area contributed by atoms with Crippen LogP contribution >= 0.6 is 0 Å². The minimum absolute atomic E-state index is 0.141. The third kappa shape index (κ3) is 3.92. The van der Waals surface area contributed by atoms with Gasteiger partial charge in [0.1, 0.15) is 11.5 Å². The van der Waals surface area contributed by atoms with Crippen LogP contribution in [-0.2, 0) is 0 Å². The number of pyridine rings is 1. The van der Waals surface area contributed by atoms with Gasteiger partial charge in [0.2, 0.25) is 5.56 Å². The monoisotopic (exact) mass is 383 g/mol. The van der Waals surface area contributed by atoms with Gasteiger partial charge in [0.15, 0.2) is 0 Å². The Hall–Kier alpha value is -3.79. The van der Waals surface area contributed by atoms with E-state index >= 15 is 0 Å². The number of hydrogen-bond acceptors (Lipinski definition) is 3. The lowest BCUT2D eigenvalue weighted by Crippen LogP contribution is -2.06. The van der Waals surface area contributed by atoms with E-state index in [1.807, 2.05) is 78.9 Å². The highest BCUT2D eigenvalue weighted by molar-refractivity contribution is 5.85. The number of ether oxygens (including phenoxy) is 2. The van der Waals surface area contributed by atoms with Crippen LogP contribution in [0.2, 0.25) is 0 Å². The molecule has 1 heterocycles. The summed E-state index contributed by atoms with van der Waals surface area (Å²) in [6.45, 7) is 0. The third-order valence-corrected chi connectivity index (χ3v) is 4.87. The molecule has 1 aromatic heterocycles. The first kappa shape index (κ1) is 18.6. The summed E-state index contributed by atoms with van der Waals surface area (Å²) in [7, 11) is 3.29. The topological polar surface area (TPSA) is 51.3 Å². The average molecular weight is 383 g/mol. The zero-order valence-corrected chi connectivity index (χ0v) is 16.3. The van der Waals surface area contributed by atoms with Crippen LogP contribution in [0.25, 0.3) is 33.5 Å². The van der Waals surface area contributed by atoms with Gasteiger partial charge in [-0.1, -0.05) is 48.5 Å². The standard InChI is InChI=1S/C25H21NO3/c1-28-20-10-8-17(9-11-20)23-16-21(29-2)12-13-22(23)19-14-24(26-25(27)15-19)18-6-4-3-5-7-18/h3-16H,1-2H3,(H,26,27). The van der Waals surface area contributed by atoms with Gasteiger partial charge >= 0.3 is 0 Å². The summed E-state index contributed by atoms with van der Waals surface area (Å²) in [5.41, 5.74) is 5.41. The van der Waals surface area contributed by atoms with Gasteiger partial charge in [0, 0.05) is 11.8 Å². The van der Waals surface area contributed by atoms with Crippen LogP contribution in [0.5, 0.6) is 11.5 Å². The van der Waals surface area contributed by atoms with Crippen molar-refractivity contribution in [1.29, 1.82) is 0 Å². The molecule has 0 radical (unpaired) electrons. The maximum Gasteiger partial charge on any atom is 0.249 e. The molecule has 0 aliphatic rings. The van der Waals surface area contributed by atoms with Crippen molar-refractivity contribution in [1.82, 2.24) is 4.98 Å². The Morgan fingerprint density at radius 2 is 1.31 bits per heavy atom. The number of rotatable bonds is 5. The summed E-state index contributed by atoms with van der Waals surface area (Å²) in [4.78, 5) is 15.3. The van der Waals surface area contributed by atoms with E-state index in [-0.39, 0.29) is 5.56 Å². The Balaban J connectivity index is 1.89. The fourth-order valence-corrected chi connectivity index (χ4v) is 3.38. The van der Waals surface area contributed by atoms with Crippen LogP contribution in [0.15, 0.2) is 89.7 Å². The lowest BCUT2D eigenvalue weighted by Gasteiger charge is -2.14.